The highest BCUT2D eigenvalue weighted by molar-refractivity contribution is 5.64. The average Bonchev–Trinajstić information content (AvgIpc) is 2.90. The first-order valence-corrected chi connectivity index (χ1v) is 7.04. The van der Waals surface area contributed by atoms with Crippen LogP contribution in [-0.4, -0.2) is 45.6 Å². The van der Waals surface area contributed by atoms with Gasteiger partial charge in [-0.15, -0.1) is 0 Å². The molecule has 0 unspecified atom stereocenters. The molecule has 0 aliphatic carbocycles. The van der Waals surface area contributed by atoms with Gasteiger partial charge in [-0.3, -0.25) is 10.00 Å². The number of aromatic nitrogens is 2. The number of aliphatic hydroxyl groups excluding tert-OH is 1. The molecule has 1 aliphatic heterocycles. The zero-order valence-electron chi connectivity index (χ0n) is 11.8. The lowest BCUT2D eigenvalue weighted by Crippen LogP contribution is -2.42. The van der Waals surface area contributed by atoms with Gasteiger partial charge in [0.05, 0.1) is 5.69 Å². The third kappa shape index (κ3) is 3.00. The lowest BCUT2D eigenvalue weighted by Gasteiger charge is -2.29. The highest BCUT2D eigenvalue weighted by Gasteiger charge is 2.39. The summed E-state index contributed by atoms with van der Waals surface area (Å²) in [7, 11) is 0. The number of aliphatic hydroxyl groups is 1. The van der Waals surface area contributed by atoms with E-state index in [2.05, 4.69) is 10.2 Å². The maximum Gasteiger partial charge on any atom is 0.415 e. The predicted octanol–water partition coefficient (Wildman–Crippen LogP) is 2.36. The second-order valence-corrected chi connectivity index (χ2v) is 5.44. The summed E-state index contributed by atoms with van der Waals surface area (Å²) in [6.45, 7) is 0.405. The van der Waals surface area contributed by atoms with E-state index in [1.807, 2.05) is 30.3 Å². The van der Waals surface area contributed by atoms with Crippen molar-refractivity contribution in [2.75, 3.05) is 13.1 Å². The van der Waals surface area contributed by atoms with Crippen LogP contribution in [0.15, 0.2) is 30.3 Å². The van der Waals surface area contributed by atoms with E-state index in [1.165, 1.54) is 0 Å². The molecule has 0 bridgehead atoms. The van der Waals surface area contributed by atoms with E-state index in [-0.39, 0.29) is 0 Å². The van der Waals surface area contributed by atoms with Crippen LogP contribution < -0.4 is 0 Å². The Labute approximate surface area is 125 Å². The number of alkyl halides is 3. The lowest BCUT2D eigenvalue weighted by molar-refractivity contribution is -0.208. The van der Waals surface area contributed by atoms with E-state index >= 15 is 0 Å². The molecule has 4 nitrogen and oxygen atoms in total. The standard InChI is InChI=1S/C15H16F3N3O/c16-15(17,18)13(22)9-21-7-6-12-11(8-21)14(20-19-12)10-4-2-1-3-5-10/h1-5,13,22H,6-9H2,(H,19,20)/t13-/m0/s1. The van der Waals surface area contributed by atoms with Crippen LogP contribution in [-0.2, 0) is 13.0 Å². The number of nitrogens with zero attached hydrogens (tertiary/aromatic N) is 2. The molecule has 1 aromatic heterocycles. The van der Waals surface area contributed by atoms with Gasteiger partial charge in [0.25, 0.3) is 0 Å². The van der Waals surface area contributed by atoms with Crippen LogP contribution in [0.2, 0.25) is 0 Å². The first-order valence-electron chi connectivity index (χ1n) is 7.04. The molecule has 22 heavy (non-hydrogen) atoms. The fourth-order valence-electron chi connectivity index (χ4n) is 2.69. The SMILES string of the molecule is O[C@@H](CN1CCc2[nH]nc(-c3ccccc3)c2C1)C(F)(F)F. The van der Waals surface area contributed by atoms with Gasteiger partial charge in [-0.2, -0.15) is 18.3 Å². The number of rotatable bonds is 3. The number of hydrogen-bond acceptors (Lipinski definition) is 3. The van der Waals surface area contributed by atoms with Gasteiger partial charge < -0.3 is 5.11 Å². The molecule has 2 heterocycles. The molecule has 0 radical (unpaired) electrons. The normalized spacial score (nSPS) is 17.3. The quantitative estimate of drug-likeness (QED) is 0.915. The van der Waals surface area contributed by atoms with E-state index in [9.17, 15) is 18.3 Å². The Morgan fingerprint density at radius 2 is 2.00 bits per heavy atom. The smallest absolute Gasteiger partial charge is 0.382 e. The summed E-state index contributed by atoms with van der Waals surface area (Å²) in [4.78, 5) is 1.61. The molecule has 0 spiro atoms. The molecule has 1 aliphatic rings. The number of H-pyrrole nitrogens is 1. The summed E-state index contributed by atoms with van der Waals surface area (Å²) in [6.07, 6.45) is -6.31. The molecule has 0 amide bonds. The largest absolute Gasteiger partial charge is 0.415 e. The van der Waals surface area contributed by atoms with Gasteiger partial charge in [0.1, 0.15) is 0 Å². The minimum atomic E-state index is -4.58. The minimum Gasteiger partial charge on any atom is -0.382 e. The van der Waals surface area contributed by atoms with Crippen molar-refractivity contribution in [3.05, 3.63) is 41.6 Å². The molecule has 118 valence electrons. The number of benzene rings is 1. The average molecular weight is 311 g/mol. The van der Waals surface area contributed by atoms with Gasteiger partial charge in [-0.05, 0) is 0 Å². The monoisotopic (exact) mass is 311 g/mol. The topological polar surface area (TPSA) is 52.1 Å². The van der Waals surface area contributed by atoms with Gasteiger partial charge in [-0.25, -0.2) is 0 Å². The van der Waals surface area contributed by atoms with Crippen molar-refractivity contribution >= 4 is 0 Å². The van der Waals surface area contributed by atoms with Crippen molar-refractivity contribution in [1.29, 1.82) is 0 Å². The Kier molecular flexibility index (Phi) is 3.92. The first-order chi connectivity index (χ1) is 10.4. The summed E-state index contributed by atoms with van der Waals surface area (Å²) in [6, 6.07) is 9.52. The van der Waals surface area contributed by atoms with Gasteiger partial charge in [0.2, 0.25) is 0 Å². The number of hydrogen-bond donors (Lipinski definition) is 2. The minimum absolute atomic E-state index is 0.350. The molecule has 0 saturated carbocycles. The van der Waals surface area contributed by atoms with E-state index in [0.29, 0.717) is 19.5 Å². The Hall–Kier alpha value is -1.86. The lowest BCUT2D eigenvalue weighted by atomic mass is 10.0. The third-order valence-corrected chi connectivity index (χ3v) is 3.87. The molecule has 0 saturated heterocycles. The number of halogens is 3. The van der Waals surface area contributed by atoms with Gasteiger partial charge in [0, 0.05) is 42.9 Å². The zero-order valence-corrected chi connectivity index (χ0v) is 11.8. The second kappa shape index (κ2) is 5.73. The summed E-state index contributed by atoms with van der Waals surface area (Å²) in [5.74, 6) is 0. The molecule has 1 aromatic carbocycles. The highest BCUT2D eigenvalue weighted by atomic mass is 19.4. The van der Waals surface area contributed by atoms with Crippen LogP contribution >= 0.6 is 0 Å². The first kappa shape index (κ1) is 15.1. The van der Waals surface area contributed by atoms with E-state index in [1.54, 1.807) is 4.90 Å². The van der Waals surface area contributed by atoms with Crippen LogP contribution in [0.5, 0.6) is 0 Å². The number of aromatic amines is 1. The highest BCUT2D eigenvalue weighted by Crippen LogP contribution is 2.29. The number of fused-ring (bicyclic) bond motifs is 1. The van der Waals surface area contributed by atoms with E-state index in [4.69, 9.17) is 0 Å². The molecular formula is C15H16F3N3O. The molecule has 7 heteroatoms. The van der Waals surface area contributed by atoms with Crippen molar-refractivity contribution < 1.29 is 18.3 Å². The van der Waals surface area contributed by atoms with Crippen molar-refractivity contribution in [2.45, 2.75) is 25.2 Å². The van der Waals surface area contributed by atoms with Crippen molar-refractivity contribution in [2.24, 2.45) is 0 Å². The molecule has 0 fully saturated rings. The molecular weight excluding hydrogens is 295 g/mol. The summed E-state index contributed by atoms with van der Waals surface area (Å²) < 4.78 is 37.5. The predicted molar refractivity (Wildman–Crippen MR) is 75.1 cm³/mol. The molecule has 2 N–H and O–H groups in total. The van der Waals surface area contributed by atoms with Crippen LogP contribution in [0.4, 0.5) is 13.2 Å². The van der Waals surface area contributed by atoms with Crippen LogP contribution in [0.3, 0.4) is 0 Å². The zero-order chi connectivity index (χ0) is 15.7. The van der Waals surface area contributed by atoms with Gasteiger partial charge in [0.15, 0.2) is 6.10 Å². The Balaban J connectivity index is 1.79. The maximum atomic E-state index is 12.5. The van der Waals surface area contributed by atoms with Crippen LogP contribution in [0, 0.1) is 0 Å². The fourth-order valence-corrected chi connectivity index (χ4v) is 2.69. The Morgan fingerprint density at radius 1 is 1.27 bits per heavy atom. The molecule has 2 aromatic rings. The van der Waals surface area contributed by atoms with E-state index < -0.39 is 18.8 Å². The molecule has 3 rings (SSSR count). The summed E-state index contributed by atoms with van der Waals surface area (Å²) >= 11 is 0. The van der Waals surface area contributed by atoms with Crippen molar-refractivity contribution in [3.8, 4) is 11.3 Å². The van der Waals surface area contributed by atoms with Gasteiger partial charge >= 0.3 is 6.18 Å². The van der Waals surface area contributed by atoms with Crippen LogP contribution in [0.25, 0.3) is 11.3 Å². The summed E-state index contributed by atoms with van der Waals surface area (Å²) in [5.41, 5.74) is 3.56. The Morgan fingerprint density at radius 3 is 2.68 bits per heavy atom. The van der Waals surface area contributed by atoms with Crippen molar-refractivity contribution in [3.63, 3.8) is 0 Å². The van der Waals surface area contributed by atoms with Crippen LogP contribution in [0.1, 0.15) is 11.3 Å². The maximum absolute atomic E-state index is 12.5. The summed E-state index contributed by atoms with van der Waals surface area (Å²) in [5, 5.41) is 16.5. The molecule has 1 atom stereocenters. The fraction of sp³-hybridized carbons (Fsp3) is 0.400. The number of nitrogens with one attached hydrogen (secondary N) is 1. The Bertz CT molecular complexity index is 639. The van der Waals surface area contributed by atoms with Gasteiger partial charge in [-0.1, -0.05) is 30.3 Å². The van der Waals surface area contributed by atoms with Crippen molar-refractivity contribution in [1.82, 2.24) is 15.1 Å². The third-order valence-electron chi connectivity index (χ3n) is 3.87. The second-order valence-electron chi connectivity index (χ2n) is 5.44. The van der Waals surface area contributed by atoms with E-state index in [0.717, 1.165) is 22.5 Å². The number of β-amino-alcohol motifs (C(OH)–C–C–N with tert-alkyl or cyclic N) is 1.